The Bertz CT molecular complexity index is 2780. The minimum atomic E-state index is -0.0341. The number of fused-ring (bicyclic) bond motifs is 4. The van der Waals surface area contributed by atoms with E-state index >= 15 is 0 Å². The van der Waals surface area contributed by atoms with Crippen LogP contribution in [0.5, 0.6) is 11.5 Å². The molecule has 0 fully saturated rings. The first-order chi connectivity index (χ1) is 26.8. The van der Waals surface area contributed by atoms with Gasteiger partial charge in [-0.15, -0.1) is 0 Å². The Morgan fingerprint density at radius 3 is 1.88 bits per heavy atom. The first kappa shape index (κ1) is 38.1. The molecule has 0 atom stereocenters. The third-order valence-electron chi connectivity index (χ3n) is 11.1. The second-order valence-electron chi connectivity index (χ2n) is 19.7. The number of para-hydroxylation sites is 1. The predicted molar refractivity (Wildman–Crippen MR) is 235 cm³/mol. The zero-order chi connectivity index (χ0) is 40.7. The van der Waals surface area contributed by atoms with Gasteiger partial charge in [0.05, 0.1) is 39.6 Å². The Morgan fingerprint density at radius 2 is 1.19 bits per heavy atom. The molecule has 0 saturated heterocycles. The van der Waals surface area contributed by atoms with Gasteiger partial charge < -0.3 is 4.74 Å². The smallest absolute Gasteiger partial charge is 0.269 e. The molecule has 0 unspecified atom stereocenters. The highest BCUT2D eigenvalue weighted by Crippen LogP contribution is 2.37. The third kappa shape index (κ3) is 7.22. The van der Waals surface area contributed by atoms with E-state index < -0.39 is 0 Å². The number of benzene rings is 4. The normalized spacial score (nSPS) is 12.9. The molecule has 57 heavy (non-hydrogen) atoms. The van der Waals surface area contributed by atoms with Crippen LogP contribution in [0.2, 0.25) is 0 Å². The van der Waals surface area contributed by atoms with Crippen LogP contribution in [0.4, 0.5) is 0 Å². The topological polar surface area (TPSA) is 48.8 Å². The maximum atomic E-state index is 6.67. The van der Waals surface area contributed by atoms with Gasteiger partial charge in [-0.2, -0.15) is 0 Å². The molecule has 0 amide bonds. The Kier molecular flexibility index (Phi) is 8.99. The first-order valence-corrected chi connectivity index (χ1v) is 20.1. The quantitative estimate of drug-likeness (QED) is 0.130. The van der Waals surface area contributed by atoms with E-state index in [9.17, 15) is 0 Å². The second-order valence-corrected chi connectivity index (χ2v) is 19.7. The van der Waals surface area contributed by atoms with Gasteiger partial charge >= 0.3 is 0 Å². The van der Waals surface area contributed by atoms with Crippen LogP contribution in [-0.4, -0.2) is 19.1 Å². The fourth-order valence-corrected chi connectivity index (χ4v) is 7.56. The van der Waals surface area contributed by atoms with Crippen molar-refractivity contribution in [2.24, 2.45) is 0 Å². The zero-order valence-corrected chi connectivity index (χ0v) is 35.6. The van der Waals surface area contributed by atoms with E-state index in [1.807, 2.05) is 18.5 Å². The summed E-state index contributed by atoms with van der Waals surface area (Å²) in [6.45, 7) is 27.1. The minimum Gasteiger partial charge on any atom is -0.456 e. The first-order valence-electron chi connectivity index (χ1n) is 20.1. The Balaban J connectivity index is 1.25. The molecular weight excluding hydrogens is 699 g/mol. The van der Waals surface area contributed by atoms with Gasteiger partial charge in [0.1, 0.15) is 17.3 Å². The molecule has 4 aromatic carbocycles. The summed E-state index contributed by atoms with van der Waals surface area (Å²) in [6, 6.07) is 34.9. The Labute approximate surface area is 337 Å². The fraction of sp³-hybridized carbons (Fsp3) is 0.314. The lowest BCUT2D eigenvalue weighted by Crippen LogP contribution is -2.31. The van der Waals surface area contributed by atoms with E-state index in [2.05, 4.69) is 194 Å². The molecule has 0 radical (unpaired) electrons. The van der Waals surface area contributed by atoms with Crippen molar-refractivity contribution in [1.82, 2.24) is 19.1 Å². The number of rotatable bonds is 5. The lowest BCUT2D eigenvalue weighted by molar-refractivity contribution is -0.572. The number of aromatic nitrogens is 5. The number of nitrogens with zero attached hydrogens (tertiary/aromatic N) is 5. The summed E-state index contributed by atoms with van der Waals surface area (Å²) >= 11 is 0. The summed E-state index contributed by atoms with van der Waals surface area (Å²) in [7, 11) is 0. The highest BCUT2D eigenvalue weighted by Gasteiger charge is 2.24. The molecule has 0 saturated carbocycles. The van der Waals surface area contributed by atoms with Crippen LogP contribution in [-0.2, 0) is 21.7 Å². The molecule has 0 aliphatic carbocycles. The van der Waals surface area contributed by atoms with Crippen molar-refractivity contribution in [3.63, 3.8) is 0 Å². The molecule has 0 bridgehead atoms. The summed E-state index contributed by atoms with van der Waals surface area (Å²) < 4.78 is 13.2. The van der Waals surface area contributed by atoms with Gasteiger partial charge in [0.2, 0.25) is 0 Å². The molecular formula is C51H55N5O. The molecule has 0 aliphatic heterocycles. The Morgan fingerprint density at radius 1 is 0.544 bits per heavy atom. The number of hydrogen-bond donors (Lipinski definition) is 0. The van der Waals surface area contributed by atoms with Crippen molar-refractivity contribution >= 4 is 32.8 Å². The summed E-state index contributed by atoms with van der Waals surface area (Å²) in [6.07, 6.45) is 9.33. The van der Waals surface area contributed by atoms with Crippen LogP contribution in [0.1, 0.15) is 105 Å². The second kappa shape index (κ2) is 13.4. The summed E-state index contributed by atoms with van der Waals surface area (Å²) in [5, 5.41) is 2.32. The van der Waals surface area contributed by atoms with E-state index in [1.54, 1.807) is 6.20 Å². The number of hydrogen-bond acceptors (Lipinski definition) is 3. The van der Waals surface area contributed by atoms with Crippen LogP contribution < -0.4 is 9.30 Å². The summed E-state index contributed by atoms with van der Waals surface area (Å²) in [5.41, 5.74) is 11.2. The number of pyridine rings is 2. The van der Waals surface area contributed by atoms with Gasteiger partial charge in [-0.05, 0) is 98.5 Å². The Hall–Kier alpha value is -5.75. The summed E-state index contributed by atoms with van der Waals surface area (Å²) in [4.78, 5) is 9.58. The van der Waals surface area contributed by atoms with Crippen molar-refractivity contribution in [1.29, 1.82) is 0 Å². The highest BCUT2D eigenvalue weighted by atomic mass is 16.5. The van der Waals surface area contributed by atoms with Crippen LogP contribution in [0, 0.1) is 6.33 Å². The molecule has 6 nitrogen and oxygen atoms in total. The van der Waals surface area contributed by atoms with E-state index in [0.717, 1.165) is 50.4 Å². The SMILES string of the molecule is CC(C)(C)c1cc(-[n+]2[c-]n(-c3cncc(Oc4ccc5c6ccccc6n(-c6cc(C(C)(C)C)ccn6)c5c4)c3)c3cc(C(C)(C)C)ccc32)cc(C(C)(C)C)c1. The van der Waals surface area contributed by atoms with Crippen LogP contribution in [0.15, 0.2) is 116 Å². The van der Waals surface area contributed by atoms with E-state index in [4.69, 9.17) is 14.7 Å². The number of imidazole rings is 1. The molecule has 0 N–H and O–H groups in total. The van der Waals surface area contributed by atoms with Gasteiger partial charge in [0, 0.05) is 29.2 Å². The van der Waals surface area contributed by atoms with E-state index in [1.165, 1.54) is 27.6 Å². The summed E-state index contributed by atoms with van der Waals surface area (Å²) in [5.74, 6) is 2.24. The van der Waals surface area contributed by atoms with Crippen molar-refractivity contribution in [2.75, 3.05) is 0 Å². The van der Waals surface area contributed by atoms with E-state index in [0.29, 0.717) is 5.75 Å². The molecule has 6 heteroatoms. The molecule has 4 heterocycles. The highest BCUT2D eigenvalue weighted by molar-refractivity contribution is 6.09. The monoisotopic (exact) mass is 753 g/mol. The molecule has 8 aromatic rings. The molecule has 0 spiro atoms. The fourth-order valence-electron chi connectivity index (χ4n) is 7.56. The molecule has 0 aliphatic rings. The lowest BCUT2D eigenvalue weighted by Gasteiger charge is -2.26. The van der Waals surface area contributed by atoms with Crippen molar-refractivity contribution in [2.45, 2.75) is 105 Å². The molecule has 4 aromatic heterocycles. The molecule has 8 rings (SSSR count). The lowest BCUT2D eigenvalue weighted by atomic mass is 9.80. The predicted octanol–water partition coefficient (Wildman–Crippen LogP) is 12.6. The van der Waals surface area contributed by atoms with Gasteiger partial charge in [-0.3, -0.25) is 18.7 Å². The average molecular weight is 754 g/mol. The largest absolute Gasteiger partial charge is 0.456 e. The van der Waals surface area contributed by atoms with Crippen LogP contribution in [0.3, 0.4) is 0 Å². The van der Waals surface area contributed by atoms with Crippen molar-refractivity contribution in [3.8, 4) is 28.7 Å². The third-order valence-corrected chi connectivity index (χ3v) is 11.1. The number of ether oxygens (including phenoxy) is 1. The van der Waals surface area contributed by atoms with E-state index in [-0.39, 0.29) is 21.7 Å². The van der Waals surface area contributed by atoms with Crippen LogP contribution >= 0.6 is 0 Å². The van der Waals surface area contributed by atoms with Crippen LogP contribution in [0.25, 0.3) is 50.0 Å². The van der Waals surface area contributed by atoms with Gasteiger partial charge in [0.25, 0.3) is 6.33 Å². The van der Waals surface area contributed by atoms with Gasteiger partial charge in [-0.25, -0.2) is 4.98 Å². The average Bonchev–Trinajstić information content (AvgIpc) is 3.69. The standard InChI is InChI=1S/C51H55N5O/c1-48(2,3)33-17-20-44-46(26-33)55(32-54(44)37-24-35(50(7,8)9)23-36(25-37)51(10,11)12)38-28-40(31-52-30-38)57-39-18-19-42-41-15-13-14-16-43(41)56(45(42)29-39)47-27-34(21-22-53-47)49(4,5)6/h13-31H,1-12H3. The maximum Gasteiger partial charge on any atom is 0.269 e. The van der Waals surface area contributed by atoms with Gasteiger partial charge in [0.15, 0.2) is 0 Å². The zero-order valence-electron chi connectivity index (χ0n) is 35.6. The maximum absolute atomic E-state index is 6.67. The van der Waals surface area contributed by atoms with Crippen molar-refractivity contribution in [3.05, 3.63) is 144 Å². The molecule has 290 valence electrons. The van der Waals surface area contributed by atoms with Gasteiger partial charge in [-0.1, -0.05) is 119 Å². The van der Waals surface area contributed by atoms with Crippen molar-refractivity contribution < 1.29 is 9.30 Å². The minimum absolute atomic E-state index is 0.00930.